The van der Waals surface area contributed by atoms with Gasteiger partial charge in [0.25, 0.3) is 5.56 Å². The lowest BCUT2D eigenvalue weighted by atomic mass is 10.2. The van der Waals surface area contributed by atoms with Crippen molar-refractivity contribution in [1.82, 2.24) is 14.5 Å². The Hall–Kier alpha value is -4.26. The number of fused-ring (bicyclic) bond motifs is 2. The molecule has 0 fully saturated rings. The molecule has 0 aliphatic carbocycles. The number of para-hydroxylation sites is 1. The molecule has 0 bridgehead atoms. The Labute approximate surface area is 183 Å². The molecule has 6 nitrogen and oxygen atoms in total. The van der Waals surface area contributed by atoms with Crippen molar-refractivity contribution in [3.05, 3.63) is 100 Å². The SMILES string of the molecule is Cc1cccc(-n2c(N)c(NCc3ccc(F)cc3)c3nc(=O)c4ccccc4nc32)c1. The number of benzene rings is 3. The quantitative estimate of drug-likeness (QED) is 0.440. The number of nitrogen functional groups attached to an aromatic ring is 1. The Balaban J connectivity index is 1.77. The van der Waals surface area contributed by atoms with E-state index in [0.717, 1.165) is 16.8 Å². The van der Waals surface area contributed by atoms with Crippen LogP contribution in [0.4, 0.5) is 15.9 Å². The van der Waals surface area contributed by atoms with Gasteiger partial charge < -0.3 is 11.1 Å². The molecule has 2 aromatic heterocycles. The maximum atomic E-state index is 13.3. The first-order valence-corrected chi connectivity index (χ1v) is 10.2. The van der Waals surface area contributed by atoms with Gasteiger partial charge in [-0.1, -0.05) is 36.4 Å². The number of halogens is 1. The Morgan fingerprint density at radius 3 is 2.56 bits per heavy atom. The highest BCUT2D eigenvalue weighted by molar-refractivity contribution is 5.98. The topological polar surface area (TPSA) is 85.8 Å². The van der Waals surface area contributed by atoms with Crippen LogP contribution in [-0.4, -0.2) is 14.5 Å². The first-order chi connectivity index (χ1) is 15.5. The van der Waals surface area contributed by atoms with Crippen molar-refractivity contribution in [1.29, 1.82) is 0 Å². The van der Waals surface area contributed by atoms with Crippen LogP contribution >= 0.6 is 0 Å². The molecule has 5 aromatic rings. The number of nitrogens with one attached hydrogen (secondary N) is 1. The molecule has 0 radical (unpaired) electrons. The van der Waals surface area contributed by atoms with E-state index in [4.69, 9.17) is 10.7 Å². The zero-order chi connectivity index (χ0) is 22.2. The van der Waals surface area contributed by atoms with E-state index in [2.05, 4.69) is 10.3 Å². The number of anilines is 2. The van der Waals surface area contributed by atoms with Crippen LogP contribution in [0.3, 0.4) is 0 Å². The summed E-state index contributed by atoms with van der Waals surface area (Å²) >= 11 is 0. The number of nitrogens with zero attached hydrogens (tertiary/aromatic N) is 3. The van der Waals surface area contributed by atoms with Gasteiger partial charge in [0.05, 0.1) is 10.9 Å². The molecule has 0 saturated carbocycles. The van der Waals surface area contributed by atoms with Gasteiger partial charge in [0.1, 0.15) is 22.8 Å². The summed E-state index contributed by atoms with van der Waals surface area (Å²) in [6.07, 6.45) is 0. The van der Waals surface area contributed by atoms with Gasteiger partial charge in [-0.2, -0.15) is 0 Å². The fraction of sp³-hybridized carbons (Fsp3) is 0.0800. The molecule has 0 saturated heterocycles. The molecule has 0 spiro atoms. The van der Waals surface area contributed by atoms with Gasteiger partial charge in [0.15, 0.2) is 5.65 Å². The van der Waals surface area contributed by atoms with Crippen molar-refractivity contribution in [3.8, 4) is 5.69 Å². The predicted octanol–water partition coefficient (Wildman–Crippen LogP) is 4.58. The number of hydrogen-bond donors (Lipinski definition) is 2. The molecular formula is C25H20FN5O. The molecule has 5 rings (SSSR count). The van der Waals surface area contributed by atoms with Gasteiger partial charge in [-0.25, -0.2) is 14.4 Å². The van der Waals surface area contributed by atoms with Crippen molar-refractivity contribution >= 4 is 33.6 Å². The molecule has 0 atom stereocenters. The molecule has 2 heterocycles. The van der Waals surface area contributed by atoms with Crippen LogP contribution in [0.1, 0.15) is 11.1 Å². The summed E-state index contributed by atoms with van der Waals surface area (Å²) in [5, 5.41) is 3.72. The smallest absolute Gasteiger partial charge is 0.279 e. The Bertz CT molecular complexity index is 1530. The van der Waals surface area contributed by atoms with E-state index in [0.29, 0.717) is 40.1 Å². The first-order valence-electron chi connectivity index (χ1n) is 10.2. The number of rotatable bonds is 4. The zero-order valence-electron chi connectivity index (χ0n) is 17.3. The lowest BCUT2D eigenvalue weighted by Gasteiger charge is -2.10. The van der Waals surface area contributed by atoms with E-state index in [9.17, 15) is 9.18 Å². The fourth-order valence-electron chi connectivity index (χ4n) is 3.80. The molecule has 32 heavy (non-hydrogen) atoms. The number of nitrogens with two attached hydrogens (primary N) is 1. The van der Waals surface area contributed by atoms with Crippen molar-refractivity contribution in [2.24, 2.45) is 0 Å². The van der Waals surface area contributed by atoms with Crippen LogP contribution in [0.5, 0.6) is 0 Å². The van der Waals surface area contributed by atoms with Crippen LogP contribution in [0.2, 0.25) is 0 Å². The third-order valence-corrected chi connectivity index (χ3v) is 5.37. The van der Waals surface area contributed by atoms with Crippen molar-refractivity contribution in [2.45, 2.75) is 13.5 Å². The summed E-state index contributed by atoms with van der Waals surface area (Å²) in [5.41, 5.74) is 10.9. The highest BCUT2D eigenvalue weighted by Crippen LogP contribution is 2.34. The molecule has 3 aromatic carbocycles. The molecule has 7 heteroatoms. The lowest BCUT2D eigenvalue weighted by Crippen LogP contribution is -2.06. The average molecular weight is 425 g/mol. The average Bonchev–Trinajstić information content (AvgIpc) is 2.94. The van der Waals surface area contributed by atoms with Gasteiger partial charge in [-0.3, -0.25) is 9.36 Å². The summed E-state index contributed by atoms with van der Waals surface area (Å²) in [5.74, 6) is 0.0901. The summed E-state index contributed by atoms with van der Waals surface area (Å²) in [6, 6.07) is 21.2. The minimum atomic E-state index is -0.380. The predicted molar refractivity (Wildman–Crippen MR) is 126 cm³/mol. The summed E-state index contributed by atoms with van der Waals surface area (Å²) in [4.78, 5) is 22.1. The molecule has 0 aliphatic rings. The van der Waals surface area contributed by atoms with Gasteiger partial charge >= 0.3 is 0 Å². The standard InChI is InChI=1S/C25H20FN5O/c1-15-5-4-6-18(13-15)31-23(27)21(28-14-16-9-11-17(26)12-10-16)22-24(31)29-20-8-3-2-7-19(20)25(32)30-22/h2-13,28H,14,27H2,1H3. The number of aryl methyl sites for hydroxylation is 1. The summed E-state index contributed by atoms with van der Waals surface area (Å²) < 4.78 is 15.1. The molecule has 3 N–H and O–H groups in total. The van der Waals surface area contributed by atoms with Crippen LogP contribution in [0, 0.1) is 12.7 Å². The normalized spacial score (nSPS) is 11.2. The lowest BCUT2D eigenvalue weighted by molar-refractivity contribution is 0.627. The molecule has 0 unspecified atom stereocenters. The minimum absolute atomic E-state index is 0.301. The monoisotopic (exact) mass is 425 g/mol. The third kappa shape index (κ3) is 3.43. The van der Waals surface area contributed by atoms with Gasteiger partial charge in [0, 0.05) is 12.2 Å². The van der Waals surface area contributed by atoms with Crippen LogP contribution in [0.25, 0.3) is 27.8 Å². The second-order valence-electron chi connectivity index (χ2n) is 7.63. The second-order valence-corrected chi connectivity index (χ2v) is 7.63. The molecular weight excluding hydrogens is 405 g/mol. The van der Waals surface area contributed by atoms with Crippen LogP contribution in [0.15, 0.2) is 77.6 Å². The van der Waals surface area contributed by atoms with E-state index in [-0.39, 0.29) is 11.4 Å². The van der Waals surface area contributed by atoms with Crippen LogP contribution in [-0.2, 0) is 6.54 Å². The van der Waals surface area contributed by atoms with Crippen LogP contribution < -0.4 is 16.6 Å². The Morgan fingerprint density at radius 1 is 1.00 bits per heavy atom. The molecule has 0 aliphatic heterocycles. The van der Waals surface area contributed by atoms with E-state index in [1.165, 1.54) is 12.1 Å². The number of aromatic nitrogens is 3. The maximum Gasteiger partial charge on any atom is 0.279 e. The van der Waals surface area contributed by atoms with E-state index >= 15 is 0 Å². The van der Waals surface area contributed by atoms with Gasteiger partial charge in [-0.05, 0) is 54.4 Å². The fourth-order valence-corrected chi connectivity index (χ4v) is 3.80. The second kappa shape index (κ2) is 7.77. The minimum Gasteiger partial charge on any atom is -0.383 e. The van der Waals surface area contributed by atoms with Crippen molar-refractivity contribution in [3.63, 3.8) is 0 Å². The molecule has 0 amide bonds. The van der Waals surface area contributed by atoms with Gasteiger partial charge in [0.2, 0.25) is 0 Å². The third-order valence-electron chi connectivity index (χ3n) is 5.37. The zero-order valence-corrected chi connectivity index (χ0v) is 17.3. The van der Waals surface area contributed by atoms with Gasteiger partial charge in [-0.15, -0.1) is 0 Å². The maximum absolute atomic E-state index is 13.3. The molecule has 158 valence electrons. The summed E-state index contributed by atoms with van der Waals surface area (Å²) in [6.45, 7) is 2.38. The van der Waals surface area contributed by atoms with E-state index < -0.39 is 0 Å². The summed E-state index contributed by atoms with van der Waals surface area (Å²) in [7, 11) is 0. The van der Waals surface area contributed by atoms with E-state index in [1.807, 2.05) is 37.3 Å². The largest absolute Gasteiger partial charge is 0.383 e. The Morgan fingerprint density at radius 2 is 1.78 bits per heavy atom. The first kappa shape index (κ1) is 19.7. The van der Waals surface area contributed by atoms with Crippen molar-refractivity contribution < 1.29 is 4.39 Å². The van der Waals surface area contributed by atoms with E-state index in [1.54, 1.807) is 34.9 Å². The highest BCUT2D eigenvalue weighted by Gasteiger charge is 2.20. The Kier molecular flexibility index (Phi) is 4.78. The van der Waals surface area contributed by atoms with Crippen molar-refractivity contribution in [2.75, 3.05) is 11.1 Å². The highest BCUT2D eigenvalue weighted by atomic mass is 19.1. The number of hydrogen-bond acceptors (Lipinski definition) is 5.